The second-order valence-electron chi connectivity index (χ2n) is 9.60. The number of hydrogen-bond donors (Lipinski definition) is 0. The van der Waals surface area contributed by atoms with Crippen LogP contribution in [0.25, 0.3) is 0 Å². The molecule has 0 spiro atoms. The molecule has 1 rings (SSSR count). The van der Waals surface area contributed by atoms with Crippen molar-refractivity contribution in [2.75, 3.05) is 13.2 Å². The number of unbranched alkanes of at least 4 members (excludes halogenated alkanes) is 11. The van der Waals surface area contributed by atoms with Gasteiger partial charge in [0.25, 0.3) is 0 Å². The molecule has 0 bridgehead atoms. The molecule has 196 valence electrons. The summed E-state index contributed by atoms with van der Waals surface area (Å²) in [4.78, 5) is 13.7. The first-order valence-electron chi connectivity index (χ1n) is 14.2. The molecule has 0 fully saturated rings. The largest absolute Gasteiger partial charge is 0.462 e. The molecule has 4 heteroatoms. The summed E-state index contributed by atoms with van der Waals surface area (Å²) in [5, 5.41) is 0. The maximum atomic E-state index is 12.7. The van der Waals surface area contributed by atoms with E-state index < -0.39 is 0 Å². The van der Waals surface area contributed by atoms with Crippen LogP contribution in [0.1, 0.15) is 134 Å². The molecular weight excluding hydrogens is 440 g/mol. The standard InChI is InChI=1S/C30H52O3S/c1-5-8-10-11-12-13-14-15-16-17-20-24-32-26(4)34-29-23-19-18-22-28(29)30(31)33-25-27(7-3)21-9-6-2/h18-19,22-23,26-27H,5-17,20-21,24-25H2,1-4H3. The summed E-state index contributed by atoms with van der Waals surface area (Å²) in [6, 6.07) is 7.75. The van der Waals surface area contributed by atoms with E-state index >= 15 is 0 Å². The number of carbonyl (C=O) groups is 1. The third-order valence-electron chi connectivity index (χ3n) is 6.49. The molecule has 0 saturated heterocycles. The average Bonchev–Trinajstić information content (AvgIpc) is 2.85. The Morgan fingerprint density at radius 2 is 1.41 bits per heavy atom. The Balaban J connectivity index is 2.24. The van der Waals surface area contributed by atoms with Crippen LogP contribution in [0.4, 0.5) is 0 Å². The molecule has 0 aromatic heterocycles. The molecule has 0 heterocycles. The van der Waals surface area contributed by atoms with Crippen molar-refractivity contribution < 1.29 is 14.3 Å². The van der Waals surface area contributed by atoms with Crippen LogP contribution in [-0.4, -0.2) is 24.6 Å². The van der Waals surface area contributed by atoms with Crippen LogP contribution in [0, 0.1) is 5.92 Å². The number of thioether (sulfide) groups is 1. The lowest BCUT2D eigenvalue weighted by Crippen LogP contribution is -2.15. The number of hydrogen-bond acceptors (Lipinski definition) is 4. The lowest BCUT2D eigenvalue weighted by molar-refractivity contribution is 0.0424. The van der Waals surface area contributed by atoms with Gasteiger partial charge in [-0.2, -0.15) is 0 Å². The molecule has 2 unspecified atom stereocenters. The van der Waals surface area contributed by atoms with Gasteiger partial charge in [-0.25, -0.2) is 4.79 Å². The quantitative estimate of drug-likeness (QED) is 0.0698. The van der Waals surface area contributed by atoms with E-state index in [0.717, 1.165) is 30.8 Å². The van der Waals surface area contributed by atoms with Gasteiger partial charge in [-0.15, -0.1) is 0 Å². The highest BCUT2D eigenvalue weighted by Gasteiger charge is 2.17. The van der Waals surface area contributed by atoms with E-state index in [4.69, 9.17) is 9.47 Å². The van der Waals surface area contributed by atoms with Gasteiger partial charge in [0.2, 0.25) is 0 Å². The minimum atomic E-state index is -0.212. The minimum Gasteiger partial charge on any atom is -0.462 e. The van der Waals surface area contributed by atoms with Crippen molar-refractivity contribution in [3.63, 3.8) is 0 Å². The highest BCUT2D eigenvalue weighted by atomic mass is 32.2. The normalized spacial score (nSPS) is 13.1. The third kappa shape index (κ3) is 15.1. The number of benzene rings is 1. The monoisotopic (exact) mass is 492 g/mol. The highest BCUT2D eigenvalue weighted by Crippen LogP contribution is 2.28. The van der Waals surface area contributed by atoms with Crippen LogP contribution in [-0.2, 0) is 9.47 Å². The Morgan fingerprint density at radius 3 is 2.03 bits per heavy atom. The third-order valence-corrected chi connectivity index (χ3v) is 7.57. The van der Waals surface area contributed by atoms with Crippen LogP contribution in [0.3, 0.4) is 0 Å². The predicted molar refractivity (Wildman–Crippen MR) is 148 cm³/mol. The molecule has 3 nitrogen and oxygen atoms in total. The van der Waals surface area contributed by atoms with Crippen LogP contribution in [0.5, 0.6) is 0 Å². The first-order chi connectivity index (χ1) is 16.6. The number of esters is 1. The van der Waals surface area contributed by atoms with Crippen molar-refractivity contribution in [1.82, 2.24) is 0 Å². The van der Waals surface area contributed by atoms with E-state index in [2.05, 4.69) is 27.7 Å². The second-order valence-corrected chi connectivity index (χ2v) is 10.9. The first kappa shape index (κ1) is 31.0. The van der Waals surface area contributed by atoms with Gasteiger partial charge in [0.05, 0.1) is 12.2 Å². The maximum absolute atomic E-state index is 12.7. The van der Waals surface area contributed by atoms with Gasteiger partial charge in [0, 0.05) is 11.5 Å². The molecule has 0 N–H and O–H groups in total. The second kappa shape index (κ2) is 21.3. The average molecular weight is 493 g/mol. The molecule has 0 aliphatic rings. The topological polar surface area (TPSA) is 35.5 Å². The van der Waals surface area contributed by atoms with Gasteiger partial charge in [-0.1, -0.05) is 128 Å². The Labute approximate surface area is 215 Å². The van der Waals surface area contributed by atoms with Gasteiger partial charge in [-0.3, -0.25) is 0 Å². The van der Waals surface area contributed by atoms with Crippen molar-refractivity contribution in [2.24, 2.45) is 5.92 Å². The molecule has 2 atom stereocenters. The lowest BCUT2D eigenvalue weighted by atomic mass is 10.0. The van der Waals surface area contributed by atoms with Gasteiger partial charge in [0.15, 0.2) is 0 Å². The molecule has 1 aromatic rings. The molecule has 0 radical (unpaired) electrons. The fraction of sp³-hybridized carbons (Fsp3) is 0.767. The molecule has 0 saturated carbocycles. The fourth-order valence-electron chi connectivity index (χ4n) is 4.14. The Bertz CT molecular complexity index is 619. The number of rotatable bonds is 22. The lowest BCUT2D eigenvalue weighted by Gasteiger charge is -2.17. The van der Waals surface area contributed by atoms with Crippen LogP contribution in [0.2, 0.25) is 0 Å². The zero-order valence-corrected chi connectivity index (χ0v) is 23.4. The van der Waals surface area contributed by atoms with E-state index in [1.165, 1.54) is 77.0 Å². The zero-order valence-electron chi connectivity index (χ0n) is 22.6. The molecule has 34 heavy (non-hydrogen) atoms. The first-order valence-corrected chi connectivity index (χ1v) is 15.0. The Hall–Kier alpha value is -1.00. The summed E-state index contributed by atoms with van der Waals surface area (Å²) in [6.45, 7) is 10.0. The van der Waals surface area contributed by atoms with Crippen molar-refractivity contribution in [2.45, 2.75) is 134 Å². The van der Waals surface area contributed by atoms with Crippen molar-refractivity contribution in [1.29, 1.82) is 0 Å². The van der Waals surface area contributed by atoms with Gasteiger partial charge in [0.1, 0.15) is 5.44 Å². The maximum Gasteiger partial charge on any atom is 0.339 e. The van der Waals surface area contributed by atoms with Crippen LogP contribution >= 0.6 is 11.8 Å². The van der Waals surface area contributed by atoms with Crippen LogP contribution < -0.4 is 0 Å². The molecule has 0 amide bonds. The van der Waals surface area contributed by atoms with Crippen molar-refractivity contribution in [3.05, 3.63) is 29.8 Å². The smallest absolute Gasteiger partial charge is 0.339 e. The van der Waals surface area contributed by atoms with Crippen LogP contribution in [0.15, 0.2) is 29.2 Å². The summed E-state index contributed by atoms with van der Waals surface area (Å²) >= 11 is 1.61. The summed E-state index contributed by atoms with van der Waals surface area (Å²) in [6.07, 6.45) is 19.3. The molecule has 1 aromatic carbocycles. The number of carbonyl (C=O) groups excluding carboxylic acids is 1. The molecular formula is C30H52O3S. The van der Waals surface area contributed by atoms with Crippen molar-refractivity contribution >= 4 is 17.7 Å². The Morgan fingerprint density at radius 1 is 0.824 bits per heavy atom. The molecule has 0 aliphatic heterocycles. The summed E-state index contributed by atoms with van der Waals surface area (Å²) in [7, 11) is 0. The van der Waals surface area contributed by atoms with Gasteiger partial charge >= 0.3 is 5.97 Å². The van der Waals surface area contributed by atoms with E-state index in [1.54, 1.807) is 11.8 Å². The summed E-state index contributed by atoms with van der Waals surface area (Å²) < 4.78 is 11.7. The summed E-state index contributed by atoms with van der Waals surface area (Å²) in [5.41, 5.74) is 0.674. The minimum absolute atomic E-state index is 0.0185. The Kier molecular flexibility index (Phi) is 19.4. The molecule has 0 aliphatic carbocycles. The number of ether oxygens (including phenoxy) is 2. The summed E-state index contributed by atoms with van der Waals surface area (Å²) in [5.74, 6) is 0.243. The van der Waals surface area contributed by atoms with Crippen molar-refractivity contribution in [3.8, 4) is 0 Å². The SMILES string of the molecule is CCCCCCCCCCCCCOC(C)Sc1ccccc1C(=O)OCC(CC)CCCC. The fourth-order valence-corrected chi connectivity index (χ4v) is 5.09. The van der Waals surface area contributed by atoms with E-state index in [-0.39, 0.29) is 11.4 Å². The highest BCUT2D eigenvalue weighted by molar-refractivity contribution is 7.99. The van der Waals surface area contributed by atoms with E-state index in [1.807, 2.05) is 24.3 Å². The van der Waals surface area contributed by atoms with E-state index in [9.17, 15) is 4.79 Å². The van der Waals surface area contributed by atoms with E-state index in [0.29, 0.717) is 18.1 Å². The zero-order chi connectivity index (χ0) is 24.9. The van der Waals surface area contributed by atoms with Gasteiger partial charge in [-0.05, 0) is 37.8 Å². The van der Waals surface area contributed by atoms with Gasteiger partial charge < -0.3 is 9.47 Å². The predicted octanol–water partition coefficient (Wildman–Crippen LogP) is 9.83.